The second-order valence-corrected chi connectivity index (χ2v) is 7.48. The molecule has 0 spiro atoms. The molecule has 1 aromatic rings. The van der Waals surface area contributed by atoms with Crippen LogP contribution in [0, 0.1) is 5.41 Å². The first kappa shape index (κ1) is 25.1. The highest BCUT2D eigenvalue weighted by Gasteiger charge is 2.34. The predicted molar refractivity (Wildman–Crippen MR) is 115 cm³/mol. The Morgan fingerprint density at radius 3 is 2.68 bits per heavy atom. The van der Waals surface area contributed by atoms with E-state index in [1.165, 1.54) is 5.56 Å². The number of hydrogen-bond acceptors (Lipinski definition) is 5. The second-order valence-electron chi connectivity index (χ2n) is 7.48. The maximum absolute atomic E-state index is 12.7. The molecule has 8 heteroatoms. The summed E-state index contributed by atoms with van der Waals surface area (Å²) in [4.78, 5) is 15.0. The fourth-order valence-electron chi connectivity index (χ4n) is 3.87. The first-order valence-corrected chi connectivity index (χ1v) is 9.56. The van der Waals surface area contributed by atoms with Crippen molar-refractivity contribution in [1.82, 2.24) is 15.5 Å². The van der Waals surface area contributed by atoms with Crippen molar-refractivity contribution in [3.05, 3.63) is 35.9 Å². The molecule has 2 aliphatic heterocycles. The van der Waals surface area contributed by atoms with Crippen molar-refractivity contribution >= 4 is 30.7 Å². The Bertz CT molecular complexity index is 566. The van der Waals surface area contributed by atoms with E-state index in [0.717, 1.165) is 39.0 Å². The SMILES string of the molecule is COCC1(CNC(=O)C2CN(Cc3ccccc3)CCO2)CCNCC1.Cl.Cl. The highest BCUT2D eigenvalue weighted by molar-refractivity contribution is 5.85. The topological polar surface area (TPSA) is 62.8 Å². The van der Waals surface area contributed by atoms with E-state index in [-0.39, 0.29) is 36.1 Å². The van der Waals surface area contributed by atoms with E-state index in [2.05, 4.69) is 27.7 Å². The van der Waals surface area contributed by atoms with Gasteiger partial charge < -0.3 is 20.1 Å². The molecular formula is C20H33Cl2N3O3. The van der Waals surface area contributed by atoms with Gasteiger partial charge in [0.25, 0.3) is 0 Å². The molecule has 0 saturated carbocycles. The first-order valence-electron chi connectivity index (χ1n) is 9.56. The number of methoxy groups -OCH3 is 1. The van der Waals surface area contributed by atoms with Gasteiger partial charge in [0.15, 0.2) is 0 Å². The lowest BCUT2D eigenvalue weighted by Gasteiger charge is -2.38. The lowest BCUT2D eigenvalue weighted by Crippen LogP contribution is -2.53. The Kier molecular flexibility index (Phi) is 11.3. The van der Waals surface area contributed by atoms with Crippen molar-refractivity contribution in [3.63, 3.8) is 0 Å². The Hall–Kier alpha value is -0.890. The Balaban J connectivity index is 0.00000196. The molecule has 2 aliphatic rings. The summed E-state index contributed by atoms with van der Waals surface area (Å²) >= 11 is 0. The summed E-state index contributed by atoms with van der Waals surface area (Å²) in [6, 6.07) is 10.4. The maximum atomic E-state index is 12.7. The molecule has 3 rings (SSSR count). The molecule has 2 heterocycles. The molecule has 1 unspecified atom stereocenters. The van der Waals surface area contributed by atoms with Crippen LogP contribution in [0.5, 0.6) is 0 Å². The van der Waals surface area contributed by atoms with E-state index in [9.17, 15) is 4.79 Å². The fraction of sp³-hybridized carbons (Fsp3) is 0.650. The molecule has 1 amide bonds. The van der Waals surface area contributed by atoms with E-state index in [1.807, 2.05) is 18.2 Å². The first-order chi connectivity index (χ1) is 12.7. The van der Waals surface area contributed by atoms with Gasteiger partial charge in [-0.1, -0.05) is 30.3 Å². The molecule has 1 atom stereocenters. The molecule has 28 heavy (non-hydrogen) atoms. The Morgan fingerprint density at radius 2 is 2.00 bits per heavy atom. The number of rotatable bonds is 7. The number of benzene rings is 1. The number of nitrogens with one attached hydrogen (secondary N) is 2. The largest absolute Gasteiger partial charge is 0.384 e. The van der Waals surface area contributed by atoms with Gasteiger partial charge in [0, 0.05) is 38.7 Å². The highest BCUT2D eigenvalue weighted by Crippen LogP contribution is 2.28. The average Bonchev–Trinajstić information content (AvgIpc) is 2.68. The zero-order valence-corrected chi connectivity index (χ0v) is 18.2. The van der Waals surface area contributed by atoms with Gasteiger partial charge in [0.2, 0.25) is 5.91 Å². The number of nitrogens with zero attached hydrogens (tertiary/aromatic N) is 1. The number of halogens is 2. The van der Waals surface area contributed by atoms with Gasteiger partial charge in [0.05, 0.1) is 13.2 Å². The predicted octanol–water partition coefficient (Wildman–Crippen LogP) is 1.86. The highest BCUT2D eigenvalue weighted by atomic mass is 35.5. The van der Waals surface area contributed by atoms with Crippen molar-refractivity contribution in [2.75, 3.05) is 53.0 Å². The van der Waals surface area contributed by atoms with Crippen LogP contribution >= 0.6 is 24.8 Å². The molecule has 2 fully saturated rings. The number of carbonyl (C=O) groups is 1. The van der Waals surface area contributed by atoms with Crippen LogP contribution in [0.3, 0.4) is 0 Å². The molecule has 2 N–H and O–H groups in total. The van der Waals surface area contributed by atoms with Crippen molar-refractivity contribution in [1.29, 1.82) is 0 Å². The molecule has 1 aromatic carbocycles. The van der Waals surface area contributed by atoms with Crippen LogP contribution in [-0.2, 0) is 20.8 Å². The number of carbonyl (C=O) groups excluding carboxylic acids is 1. The van der Waals surface area contributed by atoms with E-state index < -0.39 is 6.10 Å². The van der Waals surface area contributed by atoms with E-state index in [1.54, 1.807) is 7.11 Å². The van der Waals surface area contributed by atoms with Crippen LogP contribution in [0.15, 0.2) is 30.3 Å². The summed E-state index contributed by atoms with van der Waals surface area (Å²) in [5.74, 6) is -0.00299. The monoisotopic (exact) mass is 433 g/mol. The summed E-state index contributed by atoms with van der Waals surface area (Å²) in [5, 5.41) is 6.51. The van der Waals surface area contributed by atoms with Crippen molar-refractivity contribution in [2.24, 2.45) is 5.41 Å². The van der Waals surface area contributed by atoms with Crippen molar-refractivity contribution < 1.29 is 14.3 Å². The van der Waals surface area contributed by atoms with E-state index >= 15 is 0 Å². The summed E-state index contributed by atoms with van der Waals surface area (Å²) in [6.07, 6.45) is 1.65. The van der Waals surface area contributed by atoms with Crippen molar-refractivity contribution in [2.45, 2.75) is 25.5 Å². The lowest BCUT2D eigenvalue weighted by atomic mass is 9.79. The molecule has 0 bridgehead atoms. The van der Waals surface area contributed by atoms with Gasteiger partial charge in [-0.15, -0.1) is 24.8 Å². The van der Waals surface area contributed by atoms with Gasteiger partial charge in [-0.2, -0.15) is 0 Å². The summed E-state index contributed by atoms with van der Waals surface area (Å²) in [7, 11) is 1.73. The average molecular weight is 434 g/mol. The maximum Gasteiger partial charge on any atom is 0.250 e. The van der Waals surface area contributed by atoms with Crippen LogP contribution in [0.4, 0.5) is 0 Å². The summed E-state index contributed by atoms with van der Waals surface area (Å²) in [6.45, 7) is 6.23. The summed E-state index contributed by atoms with van der Waals surface area (Å²) < 4.78 is 11.2. The molecule has 0 aliphatic carbocycles. The minimum Gasteiger partial charge on any atom is -0.384 e. The third-order valence-electron chi connectivity index (χ3n) is 5.44. The van der Waals surface area contributed by atoms with Gasteiger partial charge in [-0.05, 0) is 31.5 Å². The standard InChI is InChI=1S/C20H31N3O3.2ClH/c1-25-16-20(7-9-21-10-8-20)15-22-19(24)18-14-23(11-12-26-18)13-17-5-3-2-4-6-17;;/h2-6,18,21H,7-16H2,1H3,(H,22,24);2*1H. The number of hydrogen-bond donors (Lipinski definition) is 2. The molecule has 0 radical (unpaired) electrons. The quantitative estimate of drug-likeness (QED) is 0.686. The molecular weight excluding hydrogens is 401 g/mol. The van der Waals surface area contributed by atoms with Crippen LogP contribution in [-0.4, -0.2) is 70.0 Å². The minimum absolute atomic E-state index is 0. The van der Waals surface area contributed by atoms with Crippen LogP contribution in [0.25, 0.3) is 0 Å². The van der Waals surface area contributed by atoms with Crippen LogP contribution in [0.1, 0.15) is 18.4 Å². The lowest BCUT2D eigenvalue weighted by molar-refractivity contribution is -0.139. The van der Waals surface area contributed by atoms with Gasteiger partial charge >= 0.3 is 0 Å². The molecule has 2 saturated heterocycles. The Labute approximate surface area is 180 Å². The fourth-order valence-corrected chi connectivity index (χ4v) is 3.87. The van der Waals surface area contributed by atoms with E-state index in [0.29, 0.717) is 26.3 Å². The van der Waals surface area contributed by atoms with Gasteiger partial charge in [-0.25, -0.2) is 0 Å². The molecule has 160 valence electrons. The smallest absolute Gasteiger partial charge is 0.250 e. The normalized spacial score (nSPS) is 21.8. The zero-order valence-electron chi connectivity index (χ0n) is 16.5. The van der Waals surface area contributed by atoms with E-state index in [4.69, 9.17) is 9.47 Å². The zero-order chi connectivity index (χ0) is 18.2. The number of ether oxygens (including phenoxy) is 2. The Morgan fingerprint density at radius 1 is 1.29 bits per heavy atom. The van der Waals surface area contributed by atoms with Crippen molar-refractivity contribution in [3.8, 4) is 0 Å². The van der Waals surface area contributed by atoms with Gasteiger partial charge in [-0.3, -0.25) is 9.69 Å². The second kappa shape index (κ2) is 12.6. The third kappa shape index (κ3) is 7.17. The van der Waals surface area contributed by atoms with Crippen LogP contribution in [0.2, 0.25) is 0 Å². The third-order valence-corrected chi connectivity index (χ3v) is 5.44. The summed E-state index contributed by atoms with van der Waals surface area (Å²) in [5.41, 5.74) is 1.30. The minimum atomic E-state index is -0.395. The number of piperidine rings is 1. The van der Waals surface area contributed by atoms with Crippen LogP contribution < -0.4 is 10.6 Å². The molecule has 6 nitrogen and oxygen atoms in total. The number of amides is 1. The number of morpholine rings is 1. The van der Waals surface area contributed by atoms with Gasteiger partial charge in [0.1, 0.15) is 6.10 Å². The molecule has 0 aromatic heterocycles.